The monoisotopic (exact) mass is 610 g/mol. The van der Waals surface area contributed by atoms with Crippen LogP contribution < -0.4 is 19.5 Å². The van der Waals surface area contributed by atoms with Crippen molar-refractivity contribution in [2.45, 2.75) is 26.3 Å². The van der Waals surface area contributed by atoms with Crippen molar-refractivity contribution in [3.63, 3.8) is 0 Å². The summed E-state index contributed by atoms with van der Waals surface area (Å²) in [7, 11) is 3.15. The molecule has 0 aromatic heterocycles. The summed E-state index contributed by atoms with van der Waals surface area (Å²) in [5.74, 6) is 0.263. The maximum Gasteiger partial charge on any atom is 0.305 e. The number of amides is 2. The van der Waals surface area contributed by atoms with E-state index in [0.717, 1.165) is 11.1 Å². The molecule has 0 saturated carbocycles. The fourth-order valence-electron chi connectivity index (χ4n) is 5.06. The predicted molar refractivity (Wildman–Crippen MR) is 172 cm³/mol. The second-order valence-corrected chi connectivity index (χ2v) is 10.2. The zero-order valence-electron chi connectivity index (χ0n) is 25.7. The van der Waals surface area contributed by atoms with Crippen LogP contribution in [0.3, 0.4) is 0 Å². The fourth-order valence-corrected chi connectivity index (χ4v) is 5.06. The molecule has 234 valence electrons. The van der Waals surface area contributed by atoms with Crippen LogP contribution >= 0.6 is 0 Å². The van der Waals surface area contributed by atoms with Crippen molar-refractivity contribution in [3.8, 4) is 28.4 Å². The molecule has 0 aliphatic rings. The van der Waals surface area contributed by atoms with Crippen LogP contribution in [0.2, 0.25) is 0 Å². The number of nitrogens with one attached hydrogen (secondary N) is 1. The Bertz CT molecular complexity index is 1640. The number of hydrogen-bond donors (Lipinski definition) is 2. The van der Waals surface area contributed by atoms with Crippen LogP contribution in [-0.4, -0.2) is 61.7 Å². The Kier molecular flexibility index (Phi) is 11.6. The summed E-state index contributed by atoms with van der Waals surface area (Å²) in [6.45, 7) is 2.95. The number of carboxylic acids is 1. The third-order valence-corrected chi connectivity index (χ3v) is 7.33. The molecule has 0 atom stereocenters. The van der Waals surface area contributed by atoms with Gasteiger partial charge in [-0.05, 0) is 60.4 Å². The number of nitrogens with zero attached hydrogens (tertiary/aromatic N) is 1. The lowest BCUT2D eigenvalue weighted by Crippen LogP contribution is -2.35. The molecule has 0 unspecified atom stereocenters. The number of rotatable bonds is 15. The number of carbonyl (C=O) groups excluding carboxylic acids is 2. The molecular weight excluding hydrogens is 572 g/mol. The van der Waals surface area contributed by atoms with Crippen molar-refractivity contribution < 1.29 is 33.7 Å². The Balaban J connectivity index is 1.60. The lowest BCUT2D eigenvalue weighted by molar-refractivity contribution is -0.137. The molecule has 4 rings (SSSR count). The number of aliphatic carboxylic acids is 1. The summed E-state index contributed by atoms with van der Waals surface area (Å²) >= 11 is 0. The molecule has 2 amide bonds. The Morgan fingerprint density at radius 2 is 1.40 bits per heavy atom. The highest BCUT2D eigenvalue weighted by Crippen LogP contribution is 2.30. The Labute approximate surface area is 263 Å². The van der Waals surface area contributed by atoms with Gasteiger partial charge in [-0.2, -0.15) is 0 Å². The predicted octanol–water partition coefficient (Wildman–Crippen LogP) is 5.86. The molecule has 0 fully saturated rings. The second kappa shape index (κ2) is 16.0. The highest BCUT2D eigenvalue weighted by Gasteiger charge is 2.23. The fraction of sp³-hybridized carbons (Fsp3) is 0.250. The topological polar surface area (TPSA) is 114 Å². The standard InChI is InChI=1S/C36H38N2O7/c1-4-45-32-18-17-25(23-33(32)44-3)19-21-38(22-20-34(39)40)36(42)30-15-9-7-13-28(30)27-12-6-8-14-29(27)35(41)37-24-26-11-5-10-16-31(26)43-2/h5-18,23H,4,19-22,24H2,1-3H3,(H,37,41)(H,39,40). The number of carbonyl (C=O) groups is 3. The average molecular weight is 611 g/mol. The number of benzene rings is 4. The Hall–Kier alpha value is -5.31. The van der Waals surface area contributed by atoms with Crippen LogP contribution in [0, 0.1) is 0 Å². The molecule has 9 nitrogen and oxygen atoms in total. The molecule has 0 aliphatic heterocycles. The quantitative estimate of drug-likeness (QED) is 0.173. The summed E-state index contributed by atoms with van der Waals surface area (Å²) in [4.78, 5) is 40.6. The molecule has 4 aromatic rings. The van der Waals surface area contributed by atoms with Gasteiger partial charge in [0.25, 0.3) is 11.8 Å². The second-order valence-electron chi connectivity index (χ2n) is 10.2. The molecular formula is C36H38N2O7. The minimum atomic E-state index is -0.999. The highest BCUT2D eigenvalue weighted by atomic mass is 16.5. The van der Waals surface area contributed by atoms with E-state index >= 15 is 0 Å². The minimum Gasteiger partial charge on any atom is -0.496 e. The van der Waals surface area contributed by atoms with Gasteiger partial charge in [0.2, 0.25) is 0 Å². The first kappa shape index (κ1) is 32.6. The zero-order chi connectivity index (χ0) is 32.2. The number of hydrogen-bond acceptors (Lipinski definition) is 6. The van der Waals surface area contributed by atoms with Crippen LogP contribution in [0.1, 0.15) is 45.2 Å². The number of methoxy groups -OCH3 is 2. The van der Waals surface area contributed by atoms with Crippen molar-refractivity contribution in [1.82, 2.24) is 10.2 Å². The third kappa shape index (κ3) is 8.41. The van der Waals surface area contributed by atoms with Gasteiger partial charge in [-0.25, -0.2) is 0 Å². The van der Waals surface area contributed by atoms with Gasteiger partial charge in [0.15, 0.2) is 11.5 Å². The van der Waals surface area contributed by atoms with Gasteiger partial charge in [-0.3, -0.25) is 14.4 Å². The highest BCUT2D eigenvalue weighted by molar-refractivity contribution is 6.06. The first-order chi connectivity index (χ1) is 21.9. The Morgan fingerprint density at radius 1 is 0.756 bits per heavy atom. The van der Waals surface area contributed by atoms with E-state index in [-0.39, 0.29) is 37.9 Å². The number of ether oxygens (including phenoxy) is 3. The molecule has 4 aromatic carbocycles. The lowest BCUT2D eigenvalue weighted by atomic mass is 9.94. The molecule has 0 saturated heterocycles. The van der Waals surface area contributed by atoms with Crippen molar-refractivity contribution in [1.29, 1.82) is 0 Å². The SMILES string of the molecule is CCOc1ccc(CCN(CCC(=O)O)C(=O)c2ccccc2-c2ccccc2C(=O)NCc2ccccc2OC)cc1OC. The average Bonchev–Trinajstić information content (AvgIpc) is 3.07. The maximum atomic E-state index is 14.1. The van der Waals surface area contributed by atoms with E-state index in [4.69, 9.17) is 14.2 Å². The van der Waals surface area contributed by atoms with Crippen molar-refractivity contribution >= 4 is 17.8 Å². The molecule has 2 N–H and O–H groups in total. The summed E-state index contributed by atoms with van der Waals surface area (Å²) in [6.07, 6.45) is 0.265. The van der Waals surface area contributed by atoms with Crippen LogP contribution in [0.15, 0.2) is 91.0 Å². The molecule has 0 radical (unpaired) electrons. The van der Waals surface area contributed by atoms with Gasteiger partial charge in [0, 0.05) is 36.3 Å². The van der Waals surface area contributed by atoms with Crippen LogP contribution in [-0.2, 0) is 17.8 Å². The van der Waals surface area contributed by atoms with Crippen LogP contribution in [0.4, 0.5) is 0 Å². The minimum absolute atomic E-state index is 0.0255. The van der Waals surface area contributed by atoms with E-state index in [1.165, 1.54) is 0 Å². The third-order valence-electron chi connectivity index (χ3n) is 7.33. The molecule has 0 bridgehead atoms. The van der Waals surface area contributed by atoms with E-state index in [2.05, 4.69) is 5.32 Å². The van der Waals surface area contributed by atoms with Crippen LogP contribution in [0.5, 0.6) is 17.2 Å². The van der Waals surface area contributed by atoms with E-state index in [1.54, 1.807) is 55.5 Å². The van der Waals surface area contributed by atoms with E-state index < -0.39 is 5.97 Å². The number of para-hydroxylation sites is 1. The maximum absolute atomic E-state index is 14.1. The van der Waals surface area contributed by atoms with Gasteiger partial charge < -0.3 is 29.5 Å². The molecule has 0 aliphatic carbocycles. The Morgan fingerprint density at radius 3 is 2.09 bits per heavy atom. The van der Waals surface area contributed by atoms with Gasteiger partial charge in [0.05, 0.1) is 27.2 Å². The normalized spacial score (nSPS) is 10.6. The van der Waals surface area contributed by atoms with E-state index in [9.17, 15) is 19.5 Å². The van der Waals surface area contributed by atoms with Gasteiger partial charge >= 0.3 is 5.97 Å². The molecule has 0 heterocycles. The first-order valence-corrected chi connectivity index (χ1v) is 14.8. The summed E-state index contributed by atoms with van der Waals surface area (Å²) < 4.78 is 16.5. The van der Waals surface area contributed by atoms with Crippen LogP contribution in [0.25, 0.3) is 11.1 Å². The summed E-state index contributed by atoms with van der Waals surface area (Å²) in [5.41, 5.74) is 3.69. The van der Waals surface area contributed by atoms with Crippen molar-refractivity contribution in [3.05, 3.63) is 113 Å². The van der Waals surface area contributed by atoms with Crippen molar-refractivity contribution in [2.24, 2.45) is 0 Å². The van der Waals surface area contributed by atoms with E-state index in [0.29, 0.717) is 52.5 Å². The summed E-state index contributed by atoms with van der Waals surface area (Å²) in [6, 6.07) is 27.2. The number of carboxylic acid groups (broad SMARTS) is 1. The largest absolute Gasteiger partial charge is 0.496 e. The zero-order valence-corrected chi connectivity index (χ0v) is 25.7. The summed E-state index contributed by atoms with van der Waals surface area (Å²) in [5, 5.41) is 12.4. The van der Waals surface area contributed by atoms with Gasteiger partial charge in [-0.1, -0.05) is 60.7 Å². The molecule has 0 spiro atoms. The lowest BCUT2D eigenvalue weighted by Gasteiger charge is -2.24. The first-order valence-electron chi connectivity index (χ1n) is 14.8. The van der Waals surface area contributed by atoms with Crippen molar-refractivity contribution in [2.75, 3.05) is 33.9 Å². The van der Waals surface area contributed by atoms with Gasteiger partial charge in [0.1, 0.15) is 5.75 Å². The molecule has 9 heteroatoms. The van der Waals surface area contributed by atoms with E-state index in [1.807, 2.05) is 61.5 Å². The van der Waals surface area contributed by atoms with Gasteiger partial charge in [-0.15, -0.1) is 0 Å². The molecule has 45 heavy (non-hydrogen) atoms. The smallest absolute Gasteiger partial charge is 0.305 e.